The number of allylic oxidation sites excluding steroid dienone is 4. The van der Waals surface area contributed by atoms with Crippen molar-refractivity contribution in [3.63, 3.8) is 0 Å². The first-order valence-corrected chi connectivity index (χ1v) is 11.4. The van der Waals surface area contributed by atoms with E-state index >= 15 is 0 Å². The normalized spacial score (nSPS) is 14.5. The minimum atomic E-state index is -1.13. The van der Waals surface area contributed by atoms with Gasteiger partial charge in [0.2, 0.25) is 0 Å². The highest BCUT2D eigenvalue weighted by atomic mass is 19.1. The summed E-state index contributed by atoms with van der Waals surface area (Å²) < 4.78 is 20.5. The van der Waals surface area contributed by atoms with E-state index in [0.717, 1.165) is 41.5 Å². The molecule has 1 aliphatic carbocycles. The molecule has 8 heteroatoms. The van der Waals surface area contributed by atoms with Gasteiger partial charge in [-0.3, -0.25) is 9.59 Å². The monoisotopic (exact) mass is 470 g/mol. The molecule has 0 saturated carbocycles. The Kier molecular flexibility index (Phi) is 7.91. The fourth-order valence-corrected chi connectivity index (χ4v) is 4.58. The zero-order valence-electron chi connectivity index (χ0n) is 19.8. The Bertz CT molecular complexity index is 1190. The topological polar surface area (TPSA) is 112 Å². The first-order chi connectivity index (χ1) is 16.1. The van der Waals surface area contributed by atoms with Gasteiger partial charge in [0, 0.05) is 12.2 Å². The maximum absolute atomic E-state index is 12.9. The van der Waals surface area contributed by atoms with E-state index in [0.29, 0.717) is 30.5 Å². The summed E-state index contributed by atoms with van der Waals surface area (Å²) >= 11 is 0. The Morgan fingerprint density at radius 3 is 2.71 bits per heavy atom. The molecule has 0 saturated heterocycles. The van der Waals surface area contributed by atoms with Gasteiger partial charge in [-0.25, -0.2) is 9.18 Å². The molecule has 1 amide bonds. The zero-order valence-corrected chi connectivity index (χ0v) is 19.8. The minimum Gasteiger partial charge on any atom is -0.481 e. The number of halogens is 1. The summed E-state index contributed by atoms with van der Waals surface area (Å²) in [6, 6.07) is 1.79. The number of Topliss-reactive ketones (excluding diaryl/α,β-unsaturated/α-hetero) is 1. The molecule has 0 radical (unpaired) electrons. The number of benzene rings is 1. The largest absolute Gasteiger partial charge is 0.481 e. The van der Waals surface area contributed by atoms with Gasteiger partial charge in [-0.2, -0.15) is 0 Å². The summed E-state index contributed by atoms with van der Waals surface area (Å²) in [4.78, 5) is 35.9. The highest BCUT2D eigenvalue weighted by Crippen LogP contribution is 2.41. The van der Waals surface area contributed by atoms with Crippen molar-refractivity contribution in [3.8, 4) is 5.75 Å². The second kappa shape index (κ2) is 10.7. The van der Waals surface area contributed by atoms with Crippen molar-refractivity contribution in [3.05, 3.63) is 52.3 Å². The van der Waals surface area contributed by atoms with Crippen molar-refractivity contribution >= 4 is 28.6 Å². The number of aryl methyl sites for hydroxylation is 3. The standard InChI is InChI=1S/C26H31FN2O5/c1-15(7-4-5-8-16(2)27)11-12-29-17(3)22(25(32)26(28)33)23-20(34-14-21(30)31)13-18-9-6-10-19(18)24(23)29/h5,7-8,13,16H,4,6,9-12,14H2,1-3H3,(H2,28,33)(H,30,31)/b8-5-,15-7+. The molecule has 0 bridgehead atoms. The number of carbonyl (C=O) groups excluding carboxylic acids is 2. The number of carboxylic acid groups (broad SMARTS) is 1. The molecule has 7 nitrogen and oxygen atoms in total. The number of ketones is 1. The fraction of sp³-hybridized carbons (Fsp3) is 0.423. The third-order valence-corrected chi connectivity index (χ3v) is 6.16. The van der Waals surface area contributed by atoms with Crippen LogP contribution in [-0.4, -0.2) is 40.1 Å². The van der Waals surface area contributed by atoms with Gasteiger partial charge >= 0.3 is 5.97 Å². The molecule has 0 fully saturated rings. The lowest BCUT2D eigenvalue weighted by Gasteiger charge is -2.14. The molecular formula is C26H31FN2O5. The predicted molar refractivity (Wildman–Crippen MR) is 128 cm³/mol. The average Bonchev–Trinajstić information content (AvgIpc) is 3.34. The number of alkyl halides is 1. The quantitative estimate of drug-likeness (QED) is 0.290. The first-order valence-electron chi connectivity index (χ1n) is 11.4. The van der Waals surface area contributed by atoms with Gasteiger partial charge in [-0.15, -0.1) is 0 Å². The van der Waals surface area contributed by atoms with Crippen molar-refractivity contribution < 1.29 is 28.6 Å². The van der Waals surface area contributed by atoms with Gasteiger partial charge < -0.3 is 20.1 Å². The van der Waals surface area contributed by atoms with E-state index in [1.54, 1.807) is 19.1 Å². The van der Waals surface area contributed by atoms with Crippen LogP contribution in [0.5, 0.6) is 5.75 Å². The second-order valence-corrected chi connectivity index (χ2v) is 8.72. The maximum Gasteiger partial charge on any atom is 0.341 e. The summed E-state index contributed by atoms with van der Waals surface area (Å²) in [5.74, 6) is -2.75. The van der Waals surface area contributed by atoms with Crippen LogP contribution in [0.25, 0.3) is 10.9 Å². The molecule has 1 heterocycles. The lowest BCUT2D eigenvalue weighted by atomic mass is 10.0. The van der Waals surface area contributed by atoms with Gasteiger partial charge in [0.15, 0.2) is 6.61 Å². The number of hydrogen-bond donors (Lipinski definition) is 2. The number of aromatic nitrogens is 1. The number of ether oxygens (including phenoxy) is 1. The Morgan fingerprint density at radius 2 is 2.06 bits per heavy atom. The smallest absolute Gasteiger partial charge is 0.341 e. The number of carbonyl (C=O) groups is 3. The number of carboxylic acids is 1. The number of nitrogens with two attached hydrogens (primary N) is 1. The molecule has 3 N–H and O–H groups in total. The molecule has 1 aromatic carbocycles. The van der Waals surface area contributed by atoms with E-state index in [2.05, 4.69) is 0 Å². The second-order valence-electron chi connectivity index (χ2n) is 8.72. The van der Waals surface area contributed by atoms with Gasteiger partial charge in [0.05, 0.1) is 16.5 Å². The van der Waals surface area contributed by atoms with E-state index in [4.69, 9.17) is 15.6 Å². The number of aliphatic carboxylic acids is 1. The van der Waals surface area contributed by atoms with E-state index in [-0.39, 0.29) is 11.3 Å². The molecule has 0 spiro atoms. The molecular weight excluding hydrogens is 439 g/mol. The van der Waals surface area contributed by atoms with E-state index in [1.165, 1.54) is 13.0 Å². The van der Waals surface area contributed by atoms with Crippen LogP contribution in [0.15, 0.2) is 29.9 Å². The van der Waals surface area contributed by atoms with Crippen molar-refractivity contribution in [1.29, 1.82) is 0 Å². The van der Waals surface area contributed by atoms with Gasteiger partial charge in [-0.05, 0) is 70.1 Å². The molecule has 0 aliphatic heterocycles. The third-order valence-electron chi connectivity index (χ3n) is 6.16. The van der Waals surface area contributed by atoms with Crippen LogP contribution >= 0.6 is 0 Å². The third kappa shape index (κ3) is 5.38. The van der Waals surface area contributed by atoms with Crippen molar-refractivity contribution in [2.45, 2.75) is 65.6 Å². The van der Waals surface area contributed by atoms with E-state index in [9.17, 15) is 18.8 Å². The van der Waals surface area contributed by atoms with Gasteiger partial charge in [0.25, 0.3) is 11.7 Å². The Balaban J connectivity index is 2.10. The summed E-state index contributed by atoms with van der Waals surface area (Å²) in [5.41, 5.74) is 10.2. The van der Waals surface area contributed by atoms with Gasteiger partial charge in [0.1, 0.15) is 11.9 Å². The van der Waals surface area contributed by atoms with Crippen LogP contribution in [0.3, 0.4) is 0 Å². The zero-order chi connectivity index (χ0) is 25.0. The highest BCUT2D eigenvalue weighted by Gasteiger charge is 2.30. The summed E-state index contributed by atoms with van der Waals surface area (Å²) in [6.45, 7) is 5.23. The summed E-state index contributed by atoms with van der Waals surface area (Å²) in [7, 11) is 0. The van der Waals surface area contributed by atoms with Crippen LogP contribution in [0.4, 0.5) is 4.39 Å². The van der Waals surface area contributed by atoms with Crippen LogP contribution in [0.2, 0.25) is 0 Å². The molecule has 34 heavy (non-hydrogen) atoms. The molecule has 1 aliphatic rings. The van der Waals surface area contributed by atoms with Crippen LogP contribution in [0.1, 0.15) is 60.3 Å². The Hall–Kier alpha value is -3.42. The highest BCUT2D eigenvalue weighted by molar-refractivity contribution is 6.45. The fourth-order valence-electron chi connectivity index (χ4n) is 4.58. The number of nitrogens with zero attached hydrogens (tertiary/aromatic N) is 1. The van der Waals surface area contributed by atoms with Crippen LogP contribution < -0.4 is 10.5 Å². The van der Waals surface area contributed by atoms with Crippen molar-refractivity contribution in [2.75, 3.05) is 6.61 Å². The molecule has 1 aromatic heterocycles. The summed E-state index contributed by atoms with van der Waals surface area (Å²) in [6.07, 6.45) is 8.24. The molecule has 1 atom stereocenters. The number of hydrogen-bond acceptors (Lipinski definition) is 4. The van der Waals surface area contributed by atoms with Crippen molar-refractivity contribution in [2.24, 2.45) is 5.73 Å². The Morgan fingerprint density at radius 1 is 1.32 bits per heavy atom. The lowest BCUT2D eigenvalue weighted by Crippen LogP contribution is -2.24. The van der Waals surface area contributed by atoms with E-state index < -0.39 is 30.4 Å². The Labute approximate surface area is 198 Å². The number of primary amides is 1. The number of fused-ring (bicyclic) bond motifs is 3. The predicted octanol–water partition coefficient (Wildman–Crippen LogP) is 4.21. The first kappa shape index (κ1) is 25.2. The van der Waals surface area contributed by atoms with Crippen LogP contribution in [-0.2, 0) is 29.0 Å². The van der Waals surface area contributed by atoms with E-state index in [1.807, 2.05) is 17.6 Å². The maximum atomic E-state index is 12.9. The average molecular weight is 471 g/mol. The lowest BCUT2D eigenvalue weighted by molar-refractivity contribution is -0.139. The minimum absolute atomic E-state index is 0.166. The summed E-state index contributed by atoms with van der Waals surface area (Å²) in [5, 5.41) is 9.58. The van der Waals surface area contributed by atoms with Gasteiger partial charge in [-0.1, -0.05) is 23.8 Å². The molecule has 3 rings (SSSR count). The number of amides is 1. The SMILES string of the molecule is C/C(=C\C/C=C\C(C)F)CCn1c(C)c(C(=O)C(N)=O)c2c(OCC(=O)O)cc3c(c21)CCC3. The molecule has 182 valence electrons. The molecule has 2 aromatic rings. The number of rotatable bonds is 11. The van der Waals surface area contributed by atoms with Crippen LogP contribution in [0, 0.1) is 6.92 Å². The van der Waals surface area contributed by atoms with Crippen molar-refractivity contribution in [1.82, 2.24) is 4.57 Å². The molecule has 1 unspecified atom stereocenters.